The van der Waals surface area contributed by atoms with Gasteiger partial charge in [0.1, 0.15) is 41.4 Å². The molecule has 3 fully saturated rings. The highest BCUT2D eigenvalue weighted by Crippen LogP contribution is 2.42. The van der Waals surface area contributed by atoms with E-state index in [-0.39, 0.29) is 41.2 Å². The molecule has 7 heterocycles. The molecule has 0 aliphatic carbocycles. The first-order valence-corrected chi connectivity index (χ1v) is 15.7. The van der Waals surface area contributed by atoms with Gasteiger partial charge in [-0.05, 0) is 66.8 Å². The van der Waals surface area contributed by atoms with Gasteiger partial charge in [-0.2, -0.15) is 9.97 Å². The fourth-order valence-corrected chi connectivity index (χ4v) is 7.67. The number of phenolic OH excluding ortho intramolecular Hbond substituents is 1. The van der Waals surface area contributed by atoms with Crippen LogP contribution in [0.1, 0.15) is 31.2 Å². The van der Waals surface area contributed by atoms with Crippen LogP contribution >= 0.6 is 0 Å². The van der Waals surface area contributed by atoms with E-state index in [0.717, 1.165) is 19.4 Å². The summed E-state index contributed by atoms with van der Waals surface area (Å²) in [5, 5.41) is 12.0. The molecule has 2 aromatic heterocycles. The van der Waals surface area contributed by atoms with Crippen molar-refractivity contribution >= 4 is 27.5 Å². The predicted molar refractivity (Wildman–Crippen MR) is 161 cm³/mol. The second-order valence-corrected chi connectivity index (χ2v) is 12.6. The maximum absolute atomic E-state index is 16.8. The Labute approximate surface area is 257 Å². The van der Waals surface area contributed by atoms with E-state index in [1.807, 2.05) is 4.90 Å². The molecule has 3 atom stereocenters. The van der Waals surface area contributed by atoms with Crippen LogP contribution in [0.15, 0.2) is 30.5 Å². The standard InChI is InChI=1S/C33H34F3N5O4/c34-20-13-33(6-2-7-41(33)15-20)18-45-32-38-30-25-14-37-29(28(30)36)24-12-21(42)11-19-4-5-26(35)23(27(19)24)3-1-9-43-17-22-16-40(8-10-44-22)31(25)39-32/h4-5,11-12,14,20,22,42H,1-3,6-10,13,15-18H2/t20-,22-,33?/m1/s1. The van der Waals surface area contributed by atoms with Crippen molar-refractivity contribution in [2.45, 2.75) is 49.9 Å². The Morgan fingerprint density at radius 2 is 2.00 bits per heavy atom. The van der Waals surface area contributed by atoms with Gasteiger partial charge < -0.3 is 24.2 Å². The van der Waals surface area contributed by atoms with Crippen LogP contribution in [0.3, 0.4) is 0 Å². The van der Waals surface area contributed by atoms with Crippen molar-refractivity contribution in [1.82, 2.24) is 19.9 Å². The van der Waals surface area contributed by atoms with Crippen LogP contribution in [0, 0.1) is 11.6 Å². The van der Waals surface area contributed by atoms with Crippen molar-refractivity contribution in [2.75, 3.05) is 57.5 Å². The number of aromatic nitrogens is 3. The number of ether oxygens (including phenoxy) is 3. The number of hydrogen-bond acceptors (Lipinski definition) is 9. The lowest BCUT2D eigenvalue weighted by Crippen LogP contribution is -2.45. The lowest BCUT2D eigenvalue weighted by Gasteiger charge is -2.34. The van der Waals surface area contributed by atoms with Crippen molar-refractivity contribution in [1.29, 1.82) is 0 Å². The Bertz CT molecular complexity index is 1790. The number of benzene rings is 2. The van der Waals surface area contributed by atoms with Crippen LogP contribution in [0.4, 0.5) is 19.0 Å². The van der Waals surface area contributed by atoms with E-state index in [9.17, 15) is 9.50 Å². The first kappa shape index (κ1) is 28.7. The van der Waals surface area contributed by atoms with Gasteiger partial charge in [0.05, 0.1) is 30.2 Å². The number of fused-ring (bicyclic) bond motifs is 6. The monoisotopic (exact) mass is 621 g/mol. The summed E-state index contributed by atoms with van der Waals surface area (Å²) in [5.41, 5.74) is 0.161. The smallest absolute Gasteiger partial charge is 0.319 e. The fraction of sp³-hybridized carbons (Fsp3) is 0.485. The zero-order valence-corrected chi connectivity index (χ0v) is 24.8. The minimum absolute atomic E-state index is 0.00333. The molecular formula is C33H34F3N5O4. The first-order chi connectivity index (χ1) is 21.9. The molecule has 1 unspecified atom stereocenters. The molecule has 2 aromatic carbocycles. The topological polar surface area (TPSA) is 93.1 Å². The van der Waals surface area contributed by atoms with Gasteiger partial charge in [-0.25, -0.2) is 13.2 Å². The Balaban J connectivity index is 1.30. The number of hydrogen-bond donors (Lipinski definition) is 1. The largest absolute Gasteiger partial charge is 0.508 e. The van der Waals surface area contributed by atoms with E-state index in [2.05, 4.69) is 14.9 Å². The lowest BCUT2D eigenvalue weighted by atomic mass is 9.93. The molecule has 0 saturated carbocycles. The van der Waals surface area contributed by atoms with Crippen LogP contribution in [0.2, 0.25) is 0 Å². The first-order valence-electron chi connectivity index (χ1n) is 15.7. The van der Waals surface area contributed by atoms with Crippen LogP contribution in [0.5, 0.6) is 11.8 Å². The van der Waals surface area contributed by atoms with E-state index in [4.69, 9.17) is 19.2 Å². The van der Waals surface area contributed by atoms with Crippen LogP contribution in [0.25, 0.3) is 32.9 Å². The summed E-state index contributed by atoms with van der Waals surface area (Å²) in [6.45, 7) is 3.48. The molecule has 9 nitrogen and oxygen atoms in total. The summed E-state index contributed by atoms with van der Waals surface area (Å²) in [6.07, 6.45) is 3.38. The minimum atomic E-state index is -0.917. The van der Waals surface area contributed by atoms with Gasteiger partial charge in [0.25, 0.3) is 0 Å². The highest BCUT2D eigenvalue weighted by Gasteiger charge is 2.49. The summed E-state index contributed by atoms with van der Waals surface area (Å²) in [6, 6.07) is 5.86. The third kappa shape index (κ3) is 5.03. The maximum Gasteiger partial charge on any atom is 0.319 e. The number of morpholine rings is 1. The Morgan fingerprint density at radius 3 is 2.91 bits per heavy atom. The Morgan fingerprint density at radius 1 is 1.09 bits per heavy atom. The normalized spacial score (nSPS) is 25.4. The average Bonchev–Trinajstić information content (AvgIpc) is 3.56. The highest BCUT2D eigenvalue weighted by molar-refractivity contribution is 6.01. The lowest BCUT2D eigenvalue weighted by molar-refractivity contribution is -0.0240. The average molecular weight is 622 g/mol. The molecule has 0 radical (unpaired) electrons. The molecule has 6 bridgehead atoms. The molecule has 9 rings (SSSR count). The molecule has 12 heteroatoms. The van der Waals surface area contributed by atoms with Crippen molar-refractivity contribution in [3.63, 3.8) is 0 Å². The fourth-order valence-electron chi connectivity index (χ4n) is 7.67. The Hall–Kier alpha value is -3.74. The van der Waals surface area contributed by atoms with Gasteiger partial charge in [-0.1, -0.05) is 6.07 Å². The zero-order valence-electron chi connectivity index (χ0n) is 24.8. The number of phenols is 1. The molecule has 4 aromatic rings. The molecule has 3 saturated heterocycles. The molecule has 0 spiro atoms. The SMILES string of the molecule is Oc1cc2c3c(c(F)ccc3c1)CCCOC[C@H]1CN(CCO1)c1nc(OCC34CCCN3C[C@H](F)C4)nc3c(F)c-2ncc13. The summed E-state index contributed by atoms with van der Waals surface area (Å²) >= 11 is 0. The number of aromatic hydroxyl groups is 1. The van der Waals surface area contributed by atoms with Crippen molar-refractivity contribution in [3.05, 3.63) is 47.7 Å². The maximum atomic E-state index is 16.8. The molecule has 236 valence electrons. The van der Waals surface area contributed by atoms with Gasteiger partial charge in [-0.15, -0.1) is 0 Å². The number of pyridine rings is 1. The predicted octanol–water partition coefficient (Wildman–Crippen LogP) is 4.95. The van der Waals surface area contributed by atoms with E-state index < -0.39 is 23.3 Å². The quantitative estimate of drug-likeness (QED) is 0.341. The van der Waals surface area contributed by atoms with Gasteiger partial charge in [0, 0.05) is 44.4 Å². The van der Waals surface area contributed by atoms with Crippen LogP contribution in [-0.4, -0.2) is 95.4 Å². The van der Waals surface area contributed by atoms with Gasteiger partial charge >= 0.3 is 6.01 Å². The summed E-state index contributed by atoms with van der Waals surface area (Å²) in [7, 11) is 0. The second-order valence-electron chi connectivity index (χ2n) is 12.6. The molecule has 0 amide bonds. The molecule has 1 N–H and O–H groups in total. The Kier molecular flexibility index (Phi) is 7.18. The third-order valence-electron chi connectivity index (χ3n) is 9.74. The molecule has 5 aliphatic rings. The van der Waals surface area contributed by atoms with E-state index in [0.29, 0.717) is 86.3 Å². The second kappa shape index (κ2) is 11.3. The minimum Gasteiger partial charge on any atom is -0.508 e. The zero-order chi connectivity index (χ0) is 30.7. The number of rotatable bonds is 3. The third-order valence-corrected chi connectivity index (χ3v) is 9.74. The number of halogens is 3. The number of nitrogens with zero attached hydrogens (tertiary/aromatic N) is 5. The van der Waals surface area contributed by atoms with Crippen molar-refractivity contribution in [2.24, 2.45) is 0 Å². The van der Waals surface area contributed by atoms with Crippen LogP contribution in [-0.2, 0) is 15.9 Å². The summed E-state index contributed by atoms with van der Waals surface area (Å²) < 4.78 is 64.8. The van der Waals surface area contributed by atoms with Crippen LogP contribution < -0.4 is 9.64 Å². The van der Waals surface area contributed by atoms with Gasteiger partial charge in [0.15, 0.2) is 5.82 Å². The summed E-state index contributed by atoms with van der Waals surface area (Å²) in [5.74, 6) is -0.792. The van der Waals surface area contributed by atoms with Crippen molar-refractivity contribution in [3.8, 4) is 23.0 Å². The van der Waals surface area contributed by atoms with Crippen molar-refractivity contribution < 1.29 is 32.5 Å². The van der Waals surface area contributed by atoms with E-state index in [1.165, 1.54) is 24.4 Å². The molecule has 5 aliphatic heterocycles. The molecule has 45 heavy (non-hydrogen) atoms. The van der Waals surface area contributed by atoms with E-state index in [1.54, 1.807) is 6.07 Å². The summed E-state index contributed by atoms with van der Waals surface area (Å²) in [4.78, 5) is 18.0. The number of aryl methyl sites for hydroxylation is 1. The number of alkyl halides is 1. The van der Waals surface area contributed by atoms with E-state index >= 15 is 8.78 Å². The number of anilines is 1. The highest BCUT2D eigenvalue weighted by atomic mass is 19.1. The molecular weight excluding hydrogens is 587 g/mol. The van der Waals surface area contributed by atoms with Gasteiger partial charge in [0.2, 0.25) is 0 Å². The van der Waals surface area contributed by atoms with Gasteiger partial charge in [-0.3, -0.25) is 9.88 Å².